The van der Waals surface area contributed by atoms with E-state index in [1.807, 2.05) is 0 Å². The molecule has 0 aliphatic carbocycles. The SMILES string of the molecule is CCC1(C(=O)O)CCN(Cc2ccccc2C(F)(F)F)C1. The summed E-state index contributed by atoms with van der Waals surface area (Å²) in [7, 11) is 0. The number of aliphatic carboxylic acids is 1. The van der Waals surface area contributed by atoms with Crippen molar-refractivity contribution in [3.63, 3.8) is 0 Å². The molecule has 0 bridgehead atoms. The molecule has 3 nitrogen and oxygen atoms in total. The Morgan fingerprint density at radius 1 is 1.38 bits per heavy atom. The number of hydrogen-bond acceptors (Lipinski definition) is 2. The molecule has 1 aromatic carbocycles. The summed E-state index contributed by atoms with van der Waals surface area (Å²) in [5.41, 5.74) is -1.27. The number of likely N-dealkylation sites (tertiary alicyclic amines) is 1. The second kappa shape index (κ2) is 5.67. The molecule has 0 radical (unpaired) electrons. The predicted molar refractivity (Wildman–Crippen MR) is 71.7 cm³/mol. The molecule has 1 heterocycles. The second-order valence-corrected chi connectivity index (χ2v) is 5.55. The second-order valence-electron chi connectivity index (χ2n) is 5.55. The lowest BCUT2D eigenvalue weighted by Gasteiger charge is -2.24. The van der Waals surface area contributed by atoms with Gasteiger partial charge in [0.25, 0.3) is 0 Å². The first-order valence-corrected chi connectivity index (χ1v) is 6.89. The van der Waals surface area contributed by atoms with Gasteiger partial charge in [0, 0.05) is 13.1 Å². The molecule has 0 amide bonds. The molecule has 1 fully saturated rings. The van der Waals surface area contributed by atoms with Crippen LogP contribution in [0.4, 0.5) is 13.2 Å². The molecule has 6 heteroatoms. The molecule has 2 rings (SSSR count). The van der Waals surface area contributed by atoms with Crippen LogP contribution in [-0.4, -0.2) is 29.1 Å². The highest BCUT2D eigenvalue weighted by atomic mass is 19.4. The summed E-state index contributed by atoms with van der Waals surface area (Å²) in [6, 6.07) is 5.46. The van der Waals surface area contributed by atoms with Crippen LogP contribution >= 0.6 is 0 Å². The average molecular weight is 301 g/mol. The smallest absolute Gasteiger partial charge is 0.416 e. The summed E-state index contributed by atoms with van der Waals surface area (Å²) in [6.07, 6.45) is -3.42. The molecule has 21 heavy (non-hydrogen) atoms. The third kappa shape index (κ3) is 3.20. The van der Waals surface area contributed by atoms with Gasteiger partial charge in [0.15, 0.2) is 0 Å². The van der Waals surface area contributed by atoms with Crippen LogP contribution in [0.2, 0.25) is 0 Å². The molecular weight excluding hydrogens is 283 g/mol. The Kier molecular flexibility index (Phi) is 4.27. The molecule has 0 saturated carbocycles. The van der Waals surface area contributed by atoms with Crippen molar-refractivity contribution in [2.75, 3.05) is 13.1 Å². The molecule has 1 saturated heterocycles. The van der Waals surface area contributed by atoms with Gasteiger partial charge in [0.05, 0.1) is 11.0 Å². The molecule has 1 atom stereocenters. The Morgan fingerprint density at radius 3 is 2.57 bits per heavy atom. The summed E-state index contributed by atoms with van der Waals surface area (Å²) in [5.74, 6) is -0.864. The minimum Gasteiger partial charge on any atom is -0.481 e. The third-order valence-electron chi connectivity index (χ3n) is 4.28. The Labute approximate surface area is 121 Å². The summed E-state index contributed by atoms with van der Waals surface area (Å²) in [4.78, 5) is 13.2. The Hall–Kier alpha value is -1.56. The quantitative estimate of drug-likeness (QED) is 0.926. The highest BCUT2D eigenvalue weighted by Crippen LogP contribution is 2.37. The van der Waals surface area contributed by atoms with Crippen LogP contribution in [0, 0.1) is 5.41 Å². The van der Waals surface area contributed by atoms with E-state index in [0.717, 1.165) is 6.07 Å². The van der Waals surface area contributed by atoms with Crippen LogP contribution < -0.4 is 0 Å². The van der Waals surface area contributed by atoms with Crippen LogP contribution in [0.1, 0.15) is 30.9 Å². The van der Waals surface area contributed by atoms with Crippen LogP contribution in [0.3, 0.4) is 0 Å². The zero-order valence-corrected chi connectivity index (χ0v) is 11.8. The number of carbonyl (C=O) groups is 1. The number of nitrogens with zero attached hydrogens (tertiary/aromatic N) is 1. The van der Waals surface area contributed by atoms with Crippen LogP contribution in [-0.2, 0) is 17.5 Å². The Morgan fingerprint density at radius 2 is 2.05 bits per heavy atom. The summed E-state index contributed by atoms with van der Waals surface area (Å²) in [5, 5.41) is 9.32. The van der Waals surface area contributed by atoms with E-state index in [2.05, 4.69) is 0 Å². The van der Waals surface area contributed by atoms with Crippen LogP contribution in [0.25, 0.3) is 0 Å². The molecule has 1 aliphatic rings. The fraction of sp³-hybridized carbons (Fsp3) is 0.533. The van der Waals surface area contributed by atoms with Gasteiger partial charge in [0.1, 0.15) is 0 Å². The molecular formula is C15H18F3NO2. The minimum atomic E-state index is -4.38. The molecule has 1 unspecified atom stereocenters. The van der Waals surface area contributed by atoms with Crippen molar-refractivity contribution in [3.05, 3.63) is 35.4 Å². The number of hydrogen-bond donors (Lipinski definition) is 1. The van der Waals surface area contributed by atoms with Crippen molar-refractivity contribution in [2.24, 2.45) is 5.41 Å². The molecule has 1 aromatic rings. The summed E-state index contributed by atoms with van der Waals surface area (Å²) >= 11 is 0. The topological polar surface area (TPSA) is 40.5 Å². The van der Waals surface area contributed by atoms with E-state index in [1.54, 1.807) is 17.9 Å². The van der Waals surface area contributed by atoms with Crippen molar-refractivity contribution < 1.29 is 23.1 Å². The first-order valence-electron chi connectivity index (χ1n) is 6.89. The number of alkyl halides is 3. The maximum Gasteiger partial charge on any atom is 0.416 e. The number of benzene rings is 1. The zero-order valence-electron chi connectivity index (χ0n) is 11.8. The van der Waals surface area contributed by atoms with E-state index in [0.29, 0.717) is 25.9 Å². The largest absolute Gasteiger partial charge is 0.481 e. The van der Waals surface area contributed by atoms with Gasteiger partial charge in [-0.05, 0) is 31.0 Å². The molecule has 1 N–H and O–H groups in total. The van der Waals surface area contributed by atoms with Gasteiger partial charge in [0.2, 0.25) is 0 Å². The van der Waals surface area contributed by atoms with E-state index in [9.17, 15) is 23.1 Å². The summed E-state index contributed by atoms with van der Waals surface area (Å²) < 4.78 is 38.9. The Balaban J connectivity index is 2.16. The molecule has 0 aromatic heterocycles. The van der Waals surface area contributed by atoms with Gasteiger partial charge < -0.3 is 5.11 Å². The molecule has 1 aliphatic heterocycles. The van der Waals surface area contributed by atoms with Gasteiger partial charge in [-0.2, -0.15) is 13.2 Å². The van der Waals surface area contributed by atoms with Crippen molar-refractivity contribution >= 4 is 5.97 Å². The normalized spacial score (nSPS) is 23.4. The van der Waals surface area contributed by atoms with Crippen molar-refractivity contribution in [1.29, 1.82) is 0 Å². The number of halogens is 3. The van der Waals surface area contributed by atoms with Crippen LogP contribution in [0.5, 0.6) is 0 Å². The highest BCUT2D eigenvalue weighted by molar-refractivity contribution is 5.75. The van der Waals surface area contributed by atoms with E-state index in [1.165, 1.54) is 12.1 Å². The molecule has 116 valence electrons. The Bertz CT molecular complexity index is 530. The van der Waals surface area contributed by atoms with Crippen molar-refractivity contribution in [3.8, 4) is 0 Å². The van der Waals surface area contributed by atoms with Crippen LogP contribution in [0.15, 0.2) is 24.3 Å². The van der Waals surface area contributed by atoms with E-state index < -0.39 is 23.1 Å². The monoisotopic (exact) mass is 301 g/mol. The lowest BCUT2D eigenvalue weighted by atomic mass is 9.84. The van der Waals surface area contributed by atoms with Gasteiger partial charge in [-0.15, -0.1) is 0 Å². The first kappa shape index (κ1) is 15.8. The zero-order chi connectivity index (χ0) is 15.7. The standard InChI is InChI=1S/C15H18F3NO2/c1-2-14(13(20)21)7-8-19(10-14)9-11-5-3-4-6-12(11)15(16,17)18/h3-6H,2,7-10H2,1H3,(H,20,21). The van der Waals surface area contributed by atoms with Gasteiger partial charge in [-0.25, -0.2) is 0 Å². The van der Waals surface area contributed by atoms with Gasteiger partial charge in [-0.1, -0.05) is 25.1 Å². The molecule has 0 spiro atoms. The number of carboxylic acid groups (broad SMARTS) is 1. The van der Waals surface area contributed by atoms with Crippen molar-refractivity contribution in [2.45, 2.75) is 32.5 Å². The van der Waals surface area contributed by atoms with E-state index >= 15 is 0 Å². The summed E-state index contributed by atoms with van der Waals surface area (Å²) in [6.45, 7) is 2.74. The lowest BCUT2D eigenvalue weighted by Crippen LogP contribution is -2.34. The minimum absolute atomic E-state index is 0.130. The van der Waals surface area contributed by atoms with E-state index in [4.69, 9.17) is 0 Å². The fourth-order valence-electron chi connectivity index (χ4n) is 2.88. The van der Waals surface area contributed by atoms with Gasteiger partial charge in [-0.3, -0.25) is 9.69 Å². The average Bonchev–Trinajstić information content (AvgIpc) is 2.83. The fourth-order valence-corrected chi connectivity index (χ4v) is 2.88. The van der Waals surface area contributed by atoms with Gasteiger partial charge >= 0.3 is 12.1 Å². The highest BCUT2D eigenvalue weighted by Gasteiger charge is 2.43. The number of rotatable bonds is 4. The maximum atomic E-state index is 13.0. The lowest BCUT2D eigenvalue weighted by molar-refractivity contribution is -0.148. The maximum absolute atomic E-state index is 13.0. The number of carboxylic acids is 1. The van der Waals surface area contributed by atoms with Crippen molar-refractivity contribution in [1.82, 2.24) is 4.90 Å². The predicted octanol–water partition coefficient (Wildman–Crippen LogP) is 3.39. The van der Waals surface area contributed by atoms with E-state index in [-0.39, 0.29) is 12.1 Å². The third-order valence-corrected chi connectivity index (χ3v) is 4.28. The first-order chi connectivity index (χ1) is 9.78.